The van der Waals surface area contributed by atoms with Crippen molar-refractivity contribution in [2.45, 2.75) is 13.0 Å². The van der Waals surface area contributed by atoms with Gasteiger partial charge in [-0.2, -0.15) is 4.98 Å². The molecule has 2 rings (SSSR count). The van der Waals surface area contributed by atoms with Gasteiger partial charge in [0.2, 0.25) is 5.95 Å². The Hall–Kier alpha value is -2.37. The zero-order valence-corrected chi connectivity index (χ0v) is 10.7. The number of anilines is 2. The van der Waals surface area contributed by atoms with Gasteiger partial charge in [0.15, 0.2) is 11.6 Å². The SMILES string of the molecule is COc1ccc(C(C)Nc2nc(N)ncc2F)cc1. The number of rotatable bonds is 4. The zero-order chi connectivity index (χ0) is 13.8. The van der Waals surface area contributed by atoms with Crippen molar-refractivity contribution in [1.29, 1.82) is 0 Å². The first kappa shape index (κ1) is 13.1. The van der Waals surface area contributed by atoms with Gasteiger partial charge in [0, 0.05) is 0 Å². The van der Waals surface area contributed by atoms with Crippen LogP contribution in [0.15, 0.2) is 30.5 Å². The maximum Gasteiger partial charge on any atom is 0.222 e. The summed E-state index contributed by atoms with van der Waals surface area (Å²) in [6, 6.07) is 7.38. The molecule has 5 nitrogen and oxygen atoms in total. The van der Waals surface area contributed by atoms with Gasteiger partial charge < -0.3 is 15.8 Å². The summed E-state index contributed by atoms with van der Waals surface area (Å²) in [5.74, 6) is 0.365. The molecule has 1 aromatic heterocycles. The van der Waals surface area contributed by atoms with Crippen LogP contribution in [0.25, 0.3) is 0 Å². The predicted octanol–water partition coefficient (Wildman–Crippen LogP) is 2.38. The molecule has 0 bridgehead atoms. The van der Waals surface area contributed by atoms with Gasteiger partial charge in [-0.25, -0.2) is 9.37 Å². The van der Waals surface area contributed by atoms with Crippen molar-refractivity contribution in [2.24, 2.45) is 0 Å². The maximum atomic E-state index is 13.5. The van der Waals surface area contributed by atoms with E-state index in [0.717, 1.165) is 17.5 Å². The van der Waals surface area contributed by atoms with E-state index in [4.69, 9.17) is 10.5 Å². The van der Waals surface area contributed by atoms with E-state index in [1.807, 2.05) is 31.2 Å². The number of hydrogen-bond donors (Lipinski definition) is 2. The first-order valence-corrected chi connectivity index (χ1v) is 5.78. The molecule has 0 spiro atoms. The van der Waals surface area contributed by atoms with Crippen LogP contribution in [-0.4, -0.2) is 17.1 Å². The third-order valence-corrected chi connectivity index (χ3v) is 2.73. The van der Waals surface area contributed by atoms with E-state index in [9.17, 15) is 4.39 Å². The van der Waals surface area contributed by atoms with Crippen molar-refractivity contribution in [3.8, 4) is 5.75 Å². The monoisotopic (exact) mass is 262 g/mol. The number of nitrogen functional groups attached to an aromatic ring is 1. The van der Waals surface area contributed by atoms with Crippen molar-refractivity contribution in [3.05, 3.63) is 41.8 Å². The van der Waals surface area contributed by atoms with Crippen molar-refractivity contribution in [3.63, 3.8) is 0 Å². The molecular formula is C13H15FN4O. The van der Waals surface area contributed by atoms with Crippen LogP contribution >= 0.6 is 0 Å². The Bertz CT molecular complexity index is 559. The lowest BCUT2D eigenvalue weighted by Crippen LogP contribution is -2.11. The summed E-state index contributed by atoms with van der Waals surface area (Å²) in [7, 11) is 1.61. The van der Waals surface area contributed by atoms with Crippen molar-refractivity contribution in [2.75, 3.05) is 18.2 Å². The zero-order valence-electron chi connectivity index (χ0n) is 10.7. The first-order chi connectivity index (χ1) is 9.10. The molecular weight excluding hydrogens is 247 g/mol. The van der Waals surface area contributed by atoms with Gasteiger partial charge in [-0.05, 0) is 24.6 Å². The van der Waals surface area contributed by atoms with Crippen LogP contribution in [0.3, 0.4) is 0 Å². The average Bonchev–Trinajstić information content (AvgIpc) is 2.43. The summed E-state index contributed by atoms with van der Waals surface area (Å²) in [5, 5.41) is 2.96. The van der Waals surface area contributed by atoms with Crippen LogP contribution in [0.5, 0.6) is 5.75 Å². The summed E-state index contributed by atoms with van der Waals surface area (Å²) >= 11 is 0. The highest BCUT2D eigenvalue weighted by atomic mass is 19.1. The van der Waals surface area contributed by atoms with Crippen molar-refractivity contribution in [1.82, 2.24) is 9.97 Å². The summed E-state index contributed by atoms with van der Waals surface area (Å²) < 4.78 is 18.6. The first-order valence-electron chi connectivity index (χ1n) is 5.78. The standard InChI is InChI=1S/C13H15FN4O/c1-8(9-3-5-10(19-2)6-4-9)17-12-11(14)7-16-13(15)18-12/h3-8H,1-2H3,(H3,15,16,17,18). The smallest absolute Gasteiger partial charge is 0.222 e. The van der Waals surface area contributed by atoms with Gasteiger partial charge in [-0.15, -0.1) is 0 Å². The van der Waals surface area contributed by atoms with Gasteiger partial charge >= 0.3 is 0 Å². The van der Waals surface area contributed by atoms with Crippen LogP contribution < -0.4 is 15.8 Å². The van der Waals surface area contributed by atoms with E-state index < -0.39 is 5.82 Å². The topological polar surface area (TPSA) is 73.1 Å². The fourth-order valence-corrected chi connectivity index (χ4v) is 1.66. The quantitative estimate of drug-likeness (QED) is 0.885. The molecule has 0 saturated heterocycles. The maximum absolute atomic E-state index is 13.5. The van der Waals surface area contributed by atoms with Crippen LogP contribution in [0, 0.1) is 5.82 Å². The van der Waals surface area contributed by atoms with E-state index in [-0.39, 0.29) is 17.8 Å². The van der Waals surface area contributed by atoms with Crippen LogP contribution in [0.4, 0.5) is 16.2 Å². The van der Waals surface area contributed by atoms with Gasteiger partial charge in [-0.1, -0.05) is 12.1 Å². The number of benzene rings is 1. The molecule has 0 radical (unpaired) electrons. The molecule has 1 unspecified atom stereocenters. The van der Waals surface area contributed by atoms with Crippen molar-refractivity contribution < 1.29 is 9.13 Å². The van der Waals surface area contributed by atoms with E-state index in [1.165, 1.54) is 0 Å². The molecule has 0 aliphatic heterocycles. The molecule has 0 aliphatic carbocycles. The highest BCUT2D eigenvalue weighted by Gasteiger charge is 2.10. The molecule has 1 heterocycles. The Balaban J connectivity index is 2.15. The van der Waals surface area contributed by atoms with Crippen LogP contribution in [0.2, 0.25) is 0 Å². The van der Waals surface area contributed by atoms with Gasteiger partial charge in [0.25, 0.3) is 0 Å². The number of methoxy groups -OCH3 is 1. The van der Waals surface area contributed by atoms with Crippen molar-refractivity contribution >= 4 is 11.8 Å². The van der Waals surface area contributed by atoms with Gasteiger partial charge in [0.1, 0.15) is 5.75 Å². The Kier molecular flexibility index (Phi) is 3.79. The average molecular weight is 262 g/mol. The lowest BCUT2D eigenvalue weighted by molar-refractivity contribution is 0.414. The molecule has 6 heteroatoms. The van der Waals surface area contributed by atoms with E-state index in [2.05, 4.69) is 15.3 Å². The number of nitrogens with one attached hydrogen (secondary N) is 1. The second kappa shape index (κ2) is 5.51. The summed E-state index contributed by atoms with van der Waals surface area (Å²) in [5.41, 5.74) is 6.42. The Morgan fingerprint density at radius 1 is 1.32 bits per heavy atom. The number of hydrogen-bond acceptors (Lipinski definition) is 5. The van der Waals surface area contributed by atoms with E-state index >= 15 is 0 Å². The normalized spacial score (nSPS) is 11.9. The molecule has 100 valence electrons. The van der Waals surface area contributed by atoms with Crippen LogP contribution in [-0.2, 0) is 0 Å². The second-order valence-electron chi connectivity index (χ2n) is 4.06. The summed E-state index contributed by atoms with van der Waals surface area (Å²) in [6.45, 7) is 1.90. The number of nitrogens with zero attached hydrogens (tertiary/aromatic N) is 2. The van der Waals surface area contributed by atoms with Gasteiger partial charge in [-0.3, -0.25) is 0 Å². The molecule has 19 heavy (non-hydrogen) atoms. The predicted molar refractivity (Wildman–Crippen MR) is 71.4 cm³/mol. The Labute approximate surface area is 110 Å². The van der Waals surface area contributed by atoms with Crippen LogP contribution in [0.1, 0.15) is 18.5 Å². The molecule has 1 atom stereocenters. The summed E-state index contributed by atoms with van der Waals surface area (Å²) in [4.78, 5) is 7.40. The number of ether oxygens (including phenoxy) is 1. The number of halogens is 1. The second-order valence-corrected chi connectivity index (χ2v) is 4.06. The molecule has 0 saturated carbocycles. The molecule has 3 N–H and O–H groups in total. The Morgan fingerprint density at radius 2 is 2.00 bits per heavy atom. The number of aromatic nitrogens is 2. The third kappa shape index (κ3) is 3.09. The minimum absolute atomic E-state index is 0.0332. The minimum atomic E-state index is -0.533. The molecule has 0 fully saturated rings. The van der Waals surface area contributed by atoms with E-state index in [1.54, 1.807) is 7.11 Å². The Morgan fingerprint density at radius 3 is 2.63 bits per heavy atom. The third-order valence-electron chi connectivity index (χ3n) is 2.73. The highest BCUT2D eigenvalue weighted by Crippen LogP contribution is 2.22. The van der Waals surface area contributed by atoms with E-state index in [0.29, 0.717) is 0 Å². The molecule has 0 amide bonds. The minimum Gasteiger partial charge on any atom is -0.497 e. The van der Waals surface area contributed by atoms with Gasteiger partial charge in [0.05, 0.1) is 19.3 Å². The lowest BCUT2D eigenvalue weighted by Gasteiger charge is -2.15. The molecule has 1 aromatic carbocycles. The largest absolute Gasteiger partial charge is 0.497 e. The lowest BCUT2D eigenvalue weighted by atomic mass is 10.1. The number of nitrogens with two attached hydrogens (primary N) is 1. The highest BCUT2D eigenvalue weighted by molar-refractivity contribution is 5.42. The fourth-order valence-electron chi connectivity index (χ4n) is 1.66. The summed E-state index contributed by atoms with van der Waals surface area (Å²) in [6.07, 6.45) is 1.05. The molecule has 0 aliphatic rings. The molecule has 2 aromatic rings. The fraction of sp³-hybridized carbons (Fsp3) is 0.231.